The second-order valence-electron chi connectivity index (χ2n) is 3.57. The molecule has 0 fully saturated rings. The Morgan fingerprint density at radius 3 is 2.65 bits per heavy atom. The first-order valence-electron chi connectivity index (χ1n) is 5.19. The van der Waals surface area contributed by atoms with E-state index in [1.54, 1.807) is 6.92 Å². The summed E-state index contributed by atoms with van der Waals surface area (Å²) in [7, 11) is 0. The molecule has 17 heavy (non-hydrogen) atoms. The summed E-state index contributed by atoms with van der Waals surface area (Å²) in [6, 6.07) is 0. The molecule has 7 heteroatoms. The Hall–Kier alpha value is -1.37. The van der Waals surface area contributed by atoms with Gasteiger partial charge in [0.25, 0.3) is 0 Å². The number of hydrogen-bond donors (Lipinski definition) is 1. The zero-order valence-electron chi connectivity index (χ0n) is 9.41. The lowest BCUT2D eigenvalue weighted by molar-refractivity contribution is -0.119. The summed E-state index contributed by atoms with van der Waals surface area (Å²) in [5, 5.41) is 9.05. The van der Waals surface area contributed by atoms with Crippen LogP contribution in [0.15, 0.2) is 12.5 Å². The number of nitrogens with zero attached hydrogens (tertiary/aromatic N) is 3. The minimum absolute atomic E-state index is 0.140. The SMILES string of the molecule is CCCN(CC(F)(F)F)c1ncncc1CO. The first kappa shape index (κ1) is 13.7. The fraction of sp³-hybridized carbons (Fsp3) is 0.600. The molecule has 0 aliphatic rings. The lowest BCUT2D eigenvalue weighted by Crippen LogP contribution is -2.36. The Kier molecular flexibility index (Phi) is 4.68. The van der Waals surface area contributed by atoms with E-state index in [0.717, 1.165) is 4.90 Å². The summed E-state index contributed by atoms with van der Waals surface area (Å²) in [4.78, 5) is 8.59. The van der Waals surface area contributed by atoms with Crippen LogP contribution in [-0.2, 0) is 6.61 Å². The van der Waals surface area contributed by atoms with E-state index < -0.39 is 12.7 Å². The van der Waals surface area contributed by atoms with Crippen molar-refractivity contribution in [1.82, 2.24) is 9.97 Å². The van der Waals surface area contributed by atoms with Crippen molar-refractivity contribution in [2.45, 2.75) is 26.1 Å². The number of anilines is 1. The van der Waals surface area contributed by atoms with Crippen molar-refractivity contribution in [2.24, 2.45) is 0 Å². The first-order valence-corrected chi connectivity index (χ1v) is 5.19. The Balaban J connectivity index is 2.96. The molecule has 0 saturated heterocycles. The number of hydrogen-bond acceptors (Lipinski definition) is 4. The lowest BCUT2D eigenvalue weighted by Gasteiger charge is -2.25. The van der Waals surface area contributed by atoms with E-state index in [0.29, 0.717) is 12.0 Å². The number of aromatic nitrogens is 2. The molecule has 1 aromatic rings. The summed E-state index contributed by atoms with van der Waals surface area (Å²) in [5.41, 5.74) is 0.296. The third-order valence-corrected chi connectivity index (χ3v) is 2.10. The van der Waals surface area contributed by atoms with Gasteiger partial charge in [-0.05, 0) is 6.42 Å². The van der Waals surface area contributed by atoms with Crippen LogP contribution in [0.25, 0.3) is 0 Å². The van der Waals surface area contributed by atoms with Crippen molar-refractivity contribution in [1.29, 1.82) is 0 Å². The molecule has 0 aliphatic carbocycles. The van der Waals surface area contributed by atoms with Crippen LogP contribution in [-0.4, -0.2) is 34.3 Å². The normalized spacial score (nSPS) is 11.6. The van der Waals surface area contributed by atoms with Gasteiger partial charge in [-0.2, -0.15) is 13.2 Å². The Labute approximate surface area is 97.1 Å². The molecule has 0 aliphatic heterocycles. The van der Waals surface area contributed by atoms with Gasteiger partial charge in [0.15, 0.2) is 0 Å². The molecule has 0 aromatic carbocycles. The highest BCUT2D eigenvalue weighted by atomic mass is 19.4. The molecule has 0 atom stereocenters. The summed E-state index contributed by atoms with van der Waals surface area (Å²) in [5.74, 6) is 0.140. The molecule has 0 radical (unpaired) electrons. The van der Waals surface area contributed by atoms with E-state index in [2.05, 4.69) is 9.97 Å². The monoisotopic (exact) mass is 249 g/mol. The van der Waals surface area contributed by atoms with Crippen LogP contribution in [0, 0.1) is 0 Å². The van der Waals surface area contributed by atoms with Gasteiger partial charge in [0, 0.05) is 18.3 Å². The predicted molar refractivity (Wildman–Crippen MR) is 56.5 cm³/mol. The maximum absolute atomic E-state index is 12.4. The zero-order chi connectivity index (χ0) is 12.9. The maximum atomic E-state index is 12.4. The Bertz CT molecular complexity index is 357. The van der Waals surface area contributed by atoms with E-state index in [-0.39, 0.29) is 19.0 Å². The Morgan fingerprint density at radius 2 is 2.12 bits per heavy atom. The molecule has 4 nitrogen and oxygen atoms in total. The number of alkyl halides is 3. The highest BCUT2D eigenvalue weighted by molar-refractivity contribution is 5.45. The van der Waals surface area contributed by atoms with E-state index in [9.17, 15) is 13.2 Å². The highest BCUT2D eigenvalue weighted by Crippen LogP contribution is 2.23. The predicted octanol–water partition coefficient (Wildman–Crippen LogP) is 1.75. The van der Waals surface area contributed by atoms with Crippen LogP contribution >= 0.6 is 0 Å². The molecule has 96 valence electrons. The van der Waals surface area contributed by atoms with Crippen molar-refractivity contribution < 1.29 is 18.3 Å². The topological polar surface area (TPSA) is 49.2 Å². The Morgan fingerprint density at radius 1 is 1.41 bits per heavy atom. The van der Waals surface area contributed by atoms with Gasteiger partial charge in [0.2, 0.25) is 0 Å². The molecule has 1 N–H and O–H groups in total. The van der Waals surface area contributed by atoms with E-state index in [1.165, 1.54) is 12.5 Å². The summed E-state index contributed by atoms with van der Waals surface area (Å²) < 4.78 is 37.2. The van der Waals surface area contributed by atoms with Crippen molar-refractivity contribution in [3.05, 3.63) is 18.1 Å². The standard InChI is InChI=1S/C10H14F3N3O/c1-2-3-16(6-10(11,12)13)9-8(5-17)4-14-7-15-9/h4,7,17H,2-3,5-6H2,1H3. The van der Waals surface area contributed by atoms with Gasteiger partial charge in [-0.3, -0.25) is 0 Å². The van der Waals surface area contributed by atoms with E-state index >= 15 is 0 Å². The average Bonchev–Trinajstić information content (AvgIpc) is 2.27. The molecule has 1 aromatic heterocycles. The van der Waals surface area contributed by atoms with Gasteiger partial charge in [0.1, 0.15) is 18.7 Å². The number of halogens is 3. The van der Waals surface area contributed by atoms with Crippen LogP contribution in [0.2, 0.25) is 0 Å². The van der Waals surface area contributed by atoms with Gasteiger partial charge in [-0.25, -0.2) is 9.97 Å². The summed E-state index contributed by atoms with van der Waals surface area (Å²) >= 11 is 0. The van der Waals surface area contributed by atoms with Crippen LogP contribution in [0.4, 0.5) is 19.0 Å². The van der Waals surface area contributed by atoms with Gasteiger partial charge >= 0.3 is 6.18 Å². The summed E-state index contributed by atoms with van der Waals surface area (Å²) in [6.07, 6.45) is -1.24. The smallest absolute Gasteiger partial charge is 0.391 e. The van der Waals surface area contributed by atoms with Crippen LogP contribution < -0.4 is 4.90 Å². The first-order chi connectivity index (χ1) is 7.98. The quantitative estimate of drug-likeness (QED) is 0.863. The second kappa shape index (κ2) is 5.81. The molecule has 0 unspecified atom stereocenters. The average molecular weight is 249 g/mol. The van der Waals surface area contributed by atoms with Crippen LogP contribution in [0.1, 0.15) is 18.9 Å². The summed E-state index contributed by atoms with van der Waals surface area (Å²) in [6.45, 7) is 0.547. The third kappa shape index (κ3) is 4.18. The molecule has 1 heterocycles. The number of aliphatic hydroxyl groups is 1. The molecule has 0 spiro atoms. The van der Waals surface area contributed by atoms with Crippen molar-refractivity contribution in [3.8, 4) is 0 Å². The van der Waals surface area contributed by atoms with Gasteiger partial charge < -0.3 is 10.0 Å². The largest absolute Gasteiger partial charge is 0.405 e. The maximum Gasteiger partial charge on any atom is 0.405 e. The zero-order valence-corrected chi connectivity index (χ0v) is 9.41. The van der Waals surface area contributed by atoms with Crippen LogP contribution in [0.5, 0.6) is 0 Å². The van der Waals surface area contributed by atoms with Gasteiger partial charge in [-0.1, -0.05) is 6.92 Å². The van der Waals surface area contributed by atoms with Crippen molar-refractivity contribution in [3.63, 3.8) is 0 Å². The van der Waals surface area contributed by atoms with Gasteiger partial charge in [0.05, 0.1) is 6.61 Å². The fourth-order valence-corrected chi connectivity index (χ4v) is 1.49. The lowest BCUT2D eigenvalue weighted by atomic mass is 10.3. The molecule has 0 saturated carbocycles. The van der Waals surface area contributed by atoms with Crippen molar-refractivity contribution in [2.75, 3.05) is 18.0 Å². The minimum atomic E-state index is -4.30. The van der Waals surface area contributed by atoms with E-state index in [1.807, 2.05) is 0 Å². The molecule has 0 amide bonds. The third-order valence-electron chi connectivity index (χ3n) is 2.10. The fourth-order valence-electron chi connectivity index (χ4n) is 1.49. The number of aliphatic hydroxyl groups excluding tert-OH is 1. The highest BCUT2D eigenvalue weighted by Gasteiger charge is 2.31. The number of rotatable bonds is 5. The second-order valence-corrected chi connectivity index (χ2v) is 3.57. The molecule has 0 bridgehead atoms. The minimum Gasteiger partial charge on any atom is -0.391 e. The molecular formula is C10H14F3N3O. The van der Waals surface area contributed by atoms with Gasteiger partial charge in [-0.15, -0.1) is 0 Å². The molecule has 1 rings (SSSR count). The molecular weight excluding hydrogens is 235 g/mol. The van der Waals surface area contributed by atoms with Crippen molar-refractivity contribution >= 4 is 5.82 Å². The van der Waals surface area contributed by atoms with E-state index in [4.69, 9.17) is 5.11 Å². The van der Waals surface area contributed by atoms with Crippen LogP contribution in [0.3, 0.4) is 0 Å².